The molecule has 4 rings (SSSR count). The zero-order chi connectivity index (χ0) is 19.3. The summed E-state index contributed by atoms with van der Waals surface area (Å²) in [4.78, 5) is 17.6. The van der Waals surface area contributed by atoms with Crippen molar-refractivity contribution in [1.82, 2.24) is 9.78 Å². The summed E-state index contributed by atoms with van der Waals surface area (Å²) in [7, 11) is 0. The van der Waals surface area contributed by atoms with E-state index in [4.69, 9.17) is 21.3 Å². The molecule has 0 saturated carbocycles. The lowest BCUT2D eigenvalue weighted by Crippen LogP contribution is -2.35. The van der Waals surface area contributed by atoms with Gasteiger partial charge >= 0.3 is 0 Å². The number of aromatic nitrogens is 2. The monoisotopic (exact) mass is 407 g/mol. The minimum absolute atomic E-state index is 0.0303. The highest BCUT2D eigenvalue weighted by atomic mass is 35.5. The van der Waals surface area contributed by atoms with E-state index in [1.54, 1.807) is 18.2 Å². The fraction of sp³-hybridized carbons (Fsp3) is 0.474. The summed E-state index contributed by atoms with van der Waals surface area (Å²) in [6, 6.07) is 5.21. The number of aromatic amines is 1. The number of hydrogen-bond acceptors (Lipinski definition) is 5. The van der Waals surface area contributed by atoms with Crippen LogP contribution in [0.3, 0.4) is 0 Å². The normalized spacial score (nSPS) is 24.4. The Hall–Kier alpha value is -1.70. The Morgan fingerprint density at radius 3 is 2.93 bits per heavy atom. The van der Waals surface area contributed by atoms with Crippen LogP contribution >= 0.6 is 23.4 Å². The van der Waals surface area contributed by atoms with E-state index >= 15 is 0 Å². The maximum Gasteiger partial charge on any atom is 0.271 e. The Morgan fingerprint density at radius 2 is 2.22 bits per heavy atom. The highest BCUT2D eigenvalue weighted by Crippen LogP contribution is 2.46. The number of phenols is 1. The molecule has 1 aromatic carbocycles. The van der Waals surface area contributed by atoms with Crippen molar-refractivity contribution in [1.29, 1.82) is 0 Å². The molecule has 0 radical (unpaired) electrons. The average Bonchev–Trinajstić information content (AvgIpc) is 2.92. The number of halogens is 1. The van der Waals surface area contributed by atoms with Crippen LogP contribution in [0.4, 0.5) is 5.82 Å². The average molecular weight is 408 g/mol. The van der Waals surface area contributed by atoms with E-state index < -0.39 is 0 Å². The third kappa shape index (κ3) is 3.44. The van der Waals surface area contributed by atoms with Gasteiger partial charge in [0.2, 0.25) is 0 Å². The number of aliphatic imine (C=N–C) groups is 1. The quantitative estimate of drug-likeness (QED) is 0.765. The van der Waals surface area contributed by atoms with E-state index in [2.05, 4.69) is 18.9 Å². The van der Waals surface area contributed by atoms with Crippen molar-refractivity contribution >= 4 is 34.2 Å². The molecule has 0 aliphatic carbocycles. The molecule has 8 heteroatoms. The van der Waals surface area contributed by atoms with Crippen molar-refractivity contribution in [2.45, 2.75) is 50.5 Å². The molecule has 0 amide bonds. The maximum absolute atomic E-state index is 12.9. The molecule has 2 atom stereocenters. The number of fused-ring (bicyclic) bond motifs is 1. The summed E-state index contributed by atoms with van der Waals surface area (Å²) >= 11 is 7.62. The molecule has 1 aromatic heterocycles. The van der Waals surface area contributed by atoms with Gasteiger partial charge in [-0.3, -0.25) is 14.6 Å². The Balaban J connectivity index is 1.80. The fourth-order valence-corrected chi connectivity index (χ4v) is 5.10. The highest BCUT2D eigenvalue weighted by molar-refractivity contribution is 8.14. The van der Waals surface area contributed by atoms with Crippen molar-refractivity contribution in [3.63, 3.8) is 0 Å². The summed E-state index contributed by atoms with van der Waals surface area (Å²) in [5.41, 5.74) is 1.14. The molecule has 2 N–H and O–H groups in total. The van der Waals surface area contributed by atoms with Crippen molar-refractivity contribution in [3.8, 4) is 5.75 Å². The molecule has 144 valence electrons. The number of phenolic OH excluding ortho intramolecular Hbond substituents is 1. The molecule has 2 aliphatic heterocycles. The topological polar surface area (TPSA) is 79.6 Å². The summed E-state index contributed by atoms with van der Waals surface area (Å²) in [6.45, 7) is 6.73. The minimum atomic E-state index is -0.233. The van der Waals surface area contributed by atoms with Gasteiger partial charge in [-0.15, -0.1) is 0 Å². The number of aromatic hydroxyl groups is 1. The lowest BCUT2D eigenvalue weighted by atomic mass is 9.94. The Labute approximate surface area is 166 Å². The number of benzene rings is 1. The van der Waals surface area contributed by atoms with Gasteiger partial charge in [0.15, 0.2) is 5.82 Å². The van der Waals surface area contributed by atoms with Crippen LogP contribution in [-0.4, -0.2) is 32.1 Å². The smallest absolute Gasteiger partial charge is 0.271 e. The van der Waals surface area contributed by atoms with Crippen LogP contribution in [0, 0.1) is 0 Å². The largest absolute Gasteiger partial charge is 0.506 e. The maximum atomic E-state index is 12.9. The van der Waals surface area contributed by atoms with Gasteiger partial charge in [0.1, 0.15) is 5.75 Å². The second kappa shape index (κ2) is 6.72. The standard InChI is InChI=1S/C19H22ClN3O3S/c1-10-21-17-15(16(27-10)11-4-5-14(24)13(20)8-11)18(25)22-23(17)12-6-7-26-19(2,3)9-12/h4-5,8,12,16,24H,6-7,9H2,1-3H3,(H,22,25)/t12-,16+/m1/s1. The Bertz CT molecular complexity index is 979. The SMILES string of the molecule is CC1=Nc2c(c(=O)[nH]n2[C@@H]2CCOC(C)(C)C2)[C@H](c2ccc(O)c(Cl)c2)S1. The molecule has 6 nitrogen and oxygen atoms in total. The first-order valence-electron chi connectivity index (χ1n) is 8.94. The molecule has 0 unspecified atom stereocenters. The van der Waals surface area contributed by atoms with Gasteiger partial charge in [-0.05, 0) is 51.3 Å². The van der Waals surface area contributed by atoms with Crippen molar-refractivity contribution in [3.05, 3.63) is 44.7 Å². The van der Waals surface area contributed by atoms with Crippen LogP contribution in [0.25, 0.3) is 0 Å². The van der Waals surface area contributed by atoms with E-state index in [1.165, 1.54) is 11.8 Å². The number of nitrogens with one attached hydrogen (secondary N) is 1. The number of rotatable bonds is 2. The number of thioether (sulfide) groups is 1. The second-order valence-corrected chi connectivity index (χ2v) is 9.35. The van der Waals surface area contributed by atoms with Crippen LogP contribution < -0.4 is 5.56 Å². The molecular weight excluding hydrogens is 386 g/mol. The molecule has 3 heterocycles. The Kier molecular flexibility index (Phi) is 4.64. The van der Waals surface area contributed by atoms with Gasteiger partial charge in [0.25, 0.3) is 5.56 Å². The first-order chi connectivity index (χ1) is 12.7. The van der Waals surface area contributed by atoms with Crippen LogP contribution in [-0.2, 0) is 4.74 Å². The van der Waals surface area contributed by atoms with Crippen LogP contribution in [0.5, 0.6) is 5.75 Å². The summed E-state index contributed by atoms with van der Waals surface area (Å²) < 4.78 is 7.74. The van der Waals surface area contributed by atoms with Gasteiger partial charge < -0.3 is 9.84 Å². The number of hydrogen-bond donors (Lipinski definition) is 2. The predicted octanol–water partition coefficient (Wildman–Crippen LogP) is 4.55. The van der Waals surface area contributed by atoms with E-state index in [1.807, 2.05) is 11.6 Å². The summed E-state index contributed by atoms with van der Waals surface area (Å²) in [5.74, 6) is 0.718. The first-order valence-corrected chi connectivity index (χ1v) is 10.2. The van der Waals surface area contributed by atoms with E-state index in [-0.39, 0.29) is 33.2 Å². The van der Waals surface area contributed by atoms with Gasteiger partial charge in [-0.2, -0.15) is 0 Å². The first kappa shape index (κ1) is 18.7. The van der Waals surface area contributed by atoms with Gasteiger partial charge in [0, 0.05) is 6.61 Å². The fourth-order valence-electron chi connectivity index (χ4n) is 3.81. The molecule has 0 spiro atoms. The van der Waals surface area contributed by atoms with Crippen molar-refractivity contribution in [2.24, 2.45) is 4.99 Å². The summed E-state index contributed by atoms with van der Waals surface area (Å²) in [5, 5.41) is 13.7. The zero-order valence-corrected chi connectivity index (χ0v) is 17.0. The molecule has 2 aliphatic rings. The van der Waals surface area contributed by atoms with E-state index in [0.29, 0.717) is 18.0 Å². The minimum Gasteiger partial charge on any atom is -0.506 e. The molecule has 1 saturated heterocycles. The van der Waals surface area contributed by atoms with Crippen LogP contribution in [0.1, 0.15) is 56.0 Å². The lowest BCUT2D eigenvalue weighted by Gasteiger charge is -2.36. The van der Waals surface area contributed by atoms with Crippen molar-refractivity contribution in [2.75, 3.05) is 6.61 Å². The van der Waals surface area contributed by atoms with Crippen LogP contribution in [0.2, 0.25) is 5.02 Å². The highest BCUT2D eigenvalue weighted by Gasteiger charge is 2.35. The molecule has 1 fully saturated rings. The predicted molar refractivity (Wildman–Crippen MR) is 109 cm³/mol. The van der Waals surface area contributed by atoms with E-state index in [9.17, 15) is 9.90 Å². The molecule has 27 heavy (non-hydrogen) atoms. The number of nitrogens with zero attached hydrogens (tertiary/aromatic N) is 2. The Morgan fingerprint density at radius 1 is 1.44 bits per heavy atom. The summed E-state index contributed by atoms with van der Waals surface area (Å²) in [6.07, 6.45) is 1.64. The number of H-pyrrole nitrogens is 1. The number of ether oxygens (including phenoxy) is 1. The third-order valence-corrected chi connectivity index (χ3v) is 6.54. The van der Waals surface area contributed by atoms with Crippen molar-refractivity contribution < 1.29 is 9.84 Å². The van der Waals surface area contributed by atoms with Gasteiger partial charge in [-0.25, -0.2) is 4.99 Å². The molecule has 2 aromatic rings. The molecular formula is C19H22ClN3O3S. The van der Waals surface area contributed by atoms with Gasteiger partial charge in [-0.1, -0.05) is 29.4 Å². The van der Waals surface area contributed by atoms with Crippen LogP contribution in [0.15, 0.2) is 28.0 Å². The van der Waals surface area contributed by atoms with Gasteiger partial charge in [0.05, 0.1) is 32.5 Å². The van der Waals surface area contributed by atoms with E-state index in [0.717, 1.165) is 23.4 Å². The zero-order valence-electron chi connectivity index (χ0n) is 15.5. The lowest BCUT2D eigenvalue weighted by molar-refractivity contribution is -0.0705. The molecule has 0 bridgehead atoms. The second-order valence-electron chi connectivity index (χ2n) is 7.64. The third-order valence-electron chi connectivity index (χ3n) is 5.06.